The lowest BCUT2D eigenvalue weighted by Crippen LogP contribution is -2.34. The van der Waals surface area contributed by atoms with E-state index in [1.807, 2.05) is 6.07 Å². The lowest BCUT2D eigenvalue weighted by molar-refractivity contribution is -0.116. The van der Waals surface area contributed by atoms with E-state index in [2.05, 4.69) is 42.3 Å². The molecule has 1 saturated heterocycles. The summed E-state index contributed by atoms with van der Waals surface area (Å²) in [7, 11) is 0. The van der Waals surface area contributed by atoms with Gasteiger partial charge in [0.05, 0.1) is 0 Å². The molecular formula is C19H31N3O. The van der Waals surface area contributed by atoms with Crippen LogP contribution in [0.25, 0.3) is 0 Å². The van der Waals surface area contributed by atoms with Crippen LogP contribution in [0, 0.1) is 5.92 Å². The van der Waals surface area contributed by atoms with Gasteiger partial charge < -0.3 is 16.0 Å². The monoisotopic (exact) mass is 317 g/mol. The van der Waals surface area contributed by atoms with Crippen LogP contribution in [0.1, 0.15) is 51.0 Å². The van der Waals surface area contributed by atoms with Crippen molar-refractivity contribution in [1.82, 2.24) is 4.90 Å². The third-order valence-electron chi connectivity index (χ3n) is 4.50. The van der Waals surface area contributed by atoms with E-state index < -0.39 is 0 Å². The summed E-state index contributed by atoms with van der Waals surface area (Å²) in [6, 6.07) is 8.38. The molecule has 2 rings (SSSR count). The molecular weight excluding hydrogens is 286 g/mol. The molecule has 1 amide bonds. The number of nitrogens with two attached hydrogens (primary N) is 1. The molecule has 0 unspecified atom stereocenters. The molecule has 1 aliphatic rings. The van der Waals surface area contributed by atoms with Crippen LogP contribution in [0.4, 0.5) is 5.69 Å². The summed E-state index contributed by atoms with van der Waals surface area (Å²) in [6.45, 7) is 8.32. The molecule has 4 nitrogen and oxygen atoms in total. The standard InChI is InChI=1S/C19H31N3O/c1-15(2)13-19(23)21-18-6-3-5-17(14-18)16-7-11-22(12-8-16)10-4-9-20/h3,5-6,14-16H,4,7-13,20H2,1-2H3,(H,21,23). The first kappa shape index (κ1) is 18.0. The maximum Gasteiger partial charge on any atom is 0.224 e. The minimum atomic E-state index is 0.105. The quantitative estimate of drug-likeness (QED) is 0.812. The molecule has 23 heavy (non-hydrogen) atoms. The highest BCUT2D eigenvalue weighted by atomic mass is 16.1. The zero-order valence-electron chi connectivity index (χ0n) is 14.6. The van der Waals surface area contributed by atoms with Crippen molar-refractivity contribution in [2.45, 2.75) is 45.4 Å². The van der Waals surface area contributed by atoms with Crippen molar-refractivity contribution in [3.8, 4) is 0 Å². The predicted molar refractivity (Wildman–Crippen MR) is 96.6 cm³/mol. The van der Waals surface area contributed by atoms with E-state index in [4.69, 9.17) is 5.73 Å². The predicted octanol–water partition coefficient (Wildman–Crippen LogP) is 3.20. The molecule has 4 heteroatoms. The molecule has 0 bridgehead atoms. The molecule has 0 atom stereocenters. The summed E-state index contributed by atoms with van der Waals surface area (Å²) >= 11 is 0. The van der Waals surface area contributed by atoms with Crippen LogP contribution in [0.2, 0.25) is 0 Å². The second-order valence-electron chi connectivity index (χ2n) is 7.03. The van der Waals surface area contributed by atoms with E-state index >= 15 is 0 Å². The van der Waals surface area contributed by atoms with Gasteiger partial charge in [0.1, 0.15) is 0 Å². The fourth-order valence-electron chi connectivity index (χ4n) is 3.26. The highest BCUT2D eigenvalue weighted by Crippen LogP contribution is 2.29. The van der Waals surface area contributed by atoms with Crippen molar-refractivity contribution < 1.29 is 4.79 Å². The maximum absolute atomic E-state index is 11.9. The van der Waals surface area contributed by atoms with E-state index in [0.29, 0.717) is 18.3 Å². The van der Waals surface area contributed by atoms with Gasteiger partial charge in [-0.2, -0.15) is 0 Å². The Kier molecular flexibility index (Phi) is 7.06. The first-order valence-corrected chi connectivity index (χ1v) is 8.90. The van der Waals surface area contributed by atoms with Crippen molar-refractivity contribution >= 4 is 11.6 Å². The minimum absolute atomic E-state index is 0.105. The fraction of sp³-hybridized carbons (Fsp3) is 0.632. The zero-order chi connectivity index (χ0) is 16.7. The van der Waals surface area contributed by atoms with Crippen molar-refractivity contribution in [2.75, 3.05) is 31.5 Å². The molecule has 0 spiro atoms. The topological polar surface area (TPSA) is 58.4 Å². The Balaban J connectivity index is 1.89. The van der Waals surface area contributed by atoms with Gasteiger partial charge in [-0.3, -0.25) is 4.79 Å². The maximum atomic E-state index is 11.9. The van der Waals surface area contributed by atoms with Gasteiger partial charge in [0.25, 0.3) is 0 Å². The summed E-state index contributed by atoms with van der Waals surface area (Å²) < 4.78 is 0. The molecule has 1 aliphatic heterocycles. The molecule has 128 valence electrons. The summed E-state index contributed by atoms with van der Waals surface area (Å²) in [5, 5.41) is 3.03. The molecule has 0 radical (unpaired) electrons. The van der Waals surface area contributed by atoms with Gasteiger partial charge in [0.2, 0.25) is 5.91 Å². The number of hydrogen-bond donors (Lipinski definition) is 2. The van der Waals surface area contributed by atoms with Crippen molar-refractivity contribution in [3.05, 3.63) is 29.8 Å². The van der Waals surface area contributed by atoms with Crippen LogP contribution >= 0.6 is 0 Å². The van der Waals surface area contributed by atoms with Gasteiger partial charge in [-0.15, -0.1) is 0 Å². The fourth-order valence-corrected chi connectivity index (χ4v) is 3.26. The number of anilines is 1. The molecule has 1 fully saturated rings. The summed E-state index contributed by atoms with van der Waals surface area (Å²) in [5.74, 6) is 1.09. The second kappa shape index (κ2) is 9.04. The van der Waals surface area contributed by atoms with E-state index in [1.165, 1.54) is 18.4 Å². The van der Waals surface area contributed by atoms with E-state index in [-0.39, 0.29) is 5.91 Å². The normalized spacial score (nSPS) is 16.7. The Morgan fingerprint density at radius 2 is 2.09 bits per heavy atom. The van der Waals surface area contributed by atoms with Crippen LogP contribution in [-0.2, 0) is 4.79 Å². The lowest BCUT2D eigenvalue weighted by Gasteiger charge is -2.32. The Labute approximate surface area is 140 Å². The Hall–Kier alpha value is -1.39. The Morgan fingerprint density at radius 3 is 2.74 bits per heavy atom. The second-order valence-corrected chi connectivity index (χ2v) is 7.03. The number of carbonyl (C=O) groups is 1. The van der Waals surface area contributed by atoms with E-state index in [1.54, 1.807) is 0 Å². The number of benzene rings is 1. The van der Waals surface area contributed by atoms with Crippen LogP contribution in [0.3, 0.4) is 0 Å². The van der Waals surface area contributed by atoms with Crippen molar-refractivity contribution in [1.29, 1.82) is 0 Å². The lowest BCUT2D eigenvalue weighted by atomic mass is 9.89. The number of nitrogens with zero attached hydrogens (tertiary/aromatic N) is 1. The number of piperidine rings is 1. The van der Waals surface area contributed by atoms with Crippen LogP contribution in [0.5, 0.6) is 0 Å². The van der Waals surface area contributed by atoms with E-state index in [9.17, 15) is 4.79 Å². The number of carbonyl (C=O) groups excluding carboxylic acids is 1. The van der Waals surface area contributed by atoms with Crippen LogP contribution in [-0.4, -0.2) is 37.0 Å². The summed E-state index contributed by atoms with van der Waals surface area (Å²) in [5.41, 5.74) is 7.87. The van der Waals surface area contributed by atoms with Gasteiger partial charge >= 0.3 is 0 Å². The van der Waals surface area contributed by atoms with Gasteiger partial charge in [-0.05, 0) is 75.0 Å². The van der Waals surface area contributed by atoms with Crippen LogP contribution < -0.4 is 11.1 Å². The third kappa shape index (κ3) is 5.96. The molecule has 3 N–H and O–H groups in total. The average Bonchev–Trinajstić information content (AvgIpc) is 2.53. The molecule has 0 aromatic heterocycles. The number of amides is 1. The largest absolute Gasteiger partial charge is 0.330 e. The highest BCUT2D eigenvalue weighted by Gasteiger charge is 2.20. The smallest absolute Gasteiger partial charge is 0.224 e. The molecule has 0 aliphatic carbocycles. The van der Waals surface area contributed by atoms with Crippen LogP contribution in [0.15, 0.2) is 24.3 Å². The minimum Gasteiger partial charge on any atom is -0.330 e. The molecule has 1 aromatic carbocycles. The highest BCUT2D eigenvalue weighted by molar-refractivity contribution is 5.90. The Morgan fingerprint density at radius 1 is 1.35 bits per heavy atom. The van der Waals surface area contributed by atoms with Crippen molar-refractivity contribution in [2.24, 2.45) is 11.7 Å². The SMILES string of the molecule is CC(C)CC(=O)Nc1cccc(C2CCN(CCCN)CC2)c1. The van der Waals surface area contributed by atoms with Gasteiger partial charge in [0.15, 0.2) is 0 Å². The number of nitrogens with one attached hydrogen (secondary N) is 1. The summed E-state index contributed by atoms with van der Waals surface area (Å²) in [6.07, 6.45) is 4.04. The first-order chi connectivity index (χ1) is 11.1. The molecule has 1 heterocycles. The van der Waals surface area contributed by atoms with Gasteiger partial charge in [-0.1, -0.05) is 26.0 Å². The van der Waals surface area contributed by atoms with E-state index in [0.717, 1.165) is 38.3 Å². The summed E-state index contributed by atoms with van der Waals surface area (Å²) in [4.78, 5) is 14.4. The number of hydrogen-bond acceptors (Lipinski definition) is 3. The third-order valence-corrected chi connectivity index (χ3v) is 4.50. The Bertz CT molecular complexity index is 493. The van der Waals surface area contributed by atoms with Gasteiger partial charge in [0, 0.05) is 12.1 Å². The molecule has 1 aromatic rings. The molecule has 0 saturated carbocycles. The number of likely N-dealkylation sites (tertiary alicyclic amines) is 1. The van der Waals surface area contributed by atoms with Gasteiger partial charge in [-0.25, -0.2) is 0 Å². The zero-order valence-corrected chi connectivity index (χ0v) is 14.6. The average molecular weight is 317 g/mol. The number of rotatable bonds is 7. The first-order valence-electron chi connectivity index (χ1n) is 8.90. The van der Waals surface area contributed by atoms with Crippen molar-refractivity contribution in [3.63, 3.8) is 0 Å².